The van der Waals surface area contributed by atoms with Crippen molar-refractivity contribution in [2.24, 2.45) is 11.8 Å². The minimum Gasteiger partial charge on any atom is -0.493 e. The highest BCUT2D eigenvalue weighted by Gasteiger charge is 2.25. The third-order valence-electron chi connectivity index (χ3n) is 4.99. The fourth-order valence-electron chi connectivity index (χ4n) is 3.62. The van der Waals surface area contributed by atoms with E-state index < -0.39 is 0 Å². The lowest BCUT2D eigenvalue weighted by Gasteiger charge is -2.30. The van der Waals surface area contributed by atoms with Crippen LogP contribution in [-0.4, -0.2) is 25.6 Å². The van der Waals surface area contributed by atoms with E-state index in [1.54, 1.807) is 0 Å². The Balaban J connectivity index is 1.56. The van der Waals surface area contributed by atoms with Crippen molar-refractivity contribution in [3.05, 3.63) is 29.8 Å². The molecular formula is C18H26N2O2. The summed E-state index contributed by atoms with van der Waals surface area (Å²) in [7, 11) is 0. The molecule has 3 rings (SSSR count). The summed E-state index contributed by atoms with van der Waals surface area (Å²) < 4.78 is 5.65. The van der Waals surface area contributed by atoms with Crippen LogP contribution in [0.15, 0.2) is 24.3 Å². The molecule has 120 valence electrons. The first-order chi connectivity index (χ1) is 10.7. The van der Waals surface area contributed by atoms with Gasteiger partial charge >= 0.3 is 0 Å². The smallest absolute Gasteiger partial charge is 0.220 e. The summed E-state index contributed by atoms with van der Waals surface area (Å²) in [5.41, 5.74) is 1.11. The van der Waals surface area contributed by atoms with E-state index in [2.05, 4.69) is 23.6 Å². The lowest BCUT2D eigenvalue weighted by Crippen LogP contribution is -2.35. The summed E-state index contributed by atoms with van der Waals surface area (Å²) >= 11 is 0. The van der Waals surface area contributed by atoms with Crippen molar-refractivity contribution in [3.63, 3.8) is 0 Å². The fraction of sp³-hybridized carbons (Fsp3) is 0.611. The van der Waals surface area contributed by atoms with Crippen LogP contribution in [0.3, 0.4) is 0 Å². The number of para-hydroxylation sites is 1. The monoisotopic (exact) mass is 302 g/mol. The van der Waals surface area contributed by atoms with Gasteiger partial charge in [0.2, 0.25) is 5.91 Å². The van der Waals surface area contributed by atoms with Crippen LogP contribution in [0.4, 0.5) is 0 Å². The first-order valence-corrected chi connectivity index (χ1v) is 8.46. The minimum atomic E-state index is 0.0951. The van der Waals surface area contributed by atoms with Crippen LogP contribution < -0.4 is 15.4 Å². The molecule has 0 bridgehead atoms. The van der Waals surface area contributed by atoms with E-state index in [9.17, 15) is 4.79 Å². The zero-order valence-electron chi connectivity index (χ0n) is 13.3. The maximum Gasteiger partial charge on any atom is 0.220 e. The van der Waals surface area contributed by atoms with Gasteiger partial charge in [-0.15, -0.1) is 0 Å². The standard InChI is InChI=1S/C18H26N2O2/c1-13(14-6-9-19-10-7-14)12-18(21)20-16-8-11-22-17-5-3-2-4-15(16)17/h2-5,13-14,16,19H,6-12H2,1H3,(H,20,21). The van der Waals surface area contributed by atoms with Gasteiger partial charge in [-0.25, -0.2) is 0 Å². The number of ether oxygens (including phenoxy) is 1. The zero-order chi connectivity index (χ0) is 15.4. The second-order valence-electron chi connectivity index (χ2n) is 6.56. The van der Waals surface area contributed by atoms with Gasteiger partial charge in [0.15, 0.2) is 0 Å². The molecule has 2 N–H and O–H groups in total. The number of fused-ring (bicyclic) bond motifs is 1. The second kappa shape index (κ2) is 7.14. The third kappa shape index (κ3) is 3.61. The summed E-state index contributed by atoms with van der Waals surface area (Å²) in [6, 6.07) is 8.10. The number of hydrogen-bond donors (Lipinski definition) is 2. The summed E-state index contributed by atoms with van der Waals surface area (Å²) in [6.45, 7) is 5.06. The van der Waals surface area contributed by atoms with Gasteiger partial charge < -0.3 is 15.4 Å². The molecule has 2 aliphatic rings. The van der Waals surface area contributed by atoms with Gasteiger partial charge in [0.25, 0.3) is 0 Å². The van der Waals surface area contributed by atoms with Crippen molar-refractivity contribution in [2.45, 2.75) is 38.6 Å². The maximum absolute atomic E-state index is 12.4. The average molecular weight is 302 g/mol. The van der Waals surface area contributed by atoms with E-state index in [0.29, 0.717) is 24.9 Å². The fourth-order valence-corrected chi connectivity index (χ4v) is 3.62. The summed E-state index contributed by atoms with van der Waals surface area (Å²) in [5, 5.41) is 6.60. The molecule has 1 aromatic rings. The van der Waals surface area contributed by atoms with Crippen molar-refractivity contribution in [1.82, 2.24) is 10.6 Å². The molecule has 2 atom stereocenters. The molecule has 0 spiro atoms. The summed E-state index contributed by atoms with van der Waals surface area (Å²) in [6.07, 6.45) is 3.86. The Morgan fingerprint density at radius 1 is 1.32 bits per heavy atom. The highest BCUT2D eigenvalue weighted by Crippen LogP contribution is 2.32. The molecule has 2 heterocycles. The van der Waals surface area contributed by atoms with Crippen LogP contribution in [0.25, 0.3) is 0 Å². The van der Waals surface area contributed by atoms with E-state index in [1.165, 1.54) is 12.8 Å². The molecule has 4 heteroatoms. The van der Waals surface area contributed by atoms with E-state index in [-0.39, 0.29) is 11.9 Å². The first kappa shape index (κ1) is 15.3. The van der Waals surface area contributed by atoms with E-state index in [4.69, 9.17) is 4.74 Å². The predicted octanol–water partition coefficient (Wildman–Crippen LogP) is 2.65. The molecule has 22 heavy (non-hydrogen) atoms. The summed E-state index contributed by atoms with van der Waals surface area (Å²) in [4.78, 5) is 12.4. The van der Waals surface area contributed by atoms with Crippen molar-refractivity contribution in [3.8, 4) is 5.75 Å². The molecule has 2 unspecified atom stereocenters. The first-order valence-electron chi connectivity index (χ1n) is 8.46. The number of hydrogen-bond acceptors (Lipinski definition) is 3. The Bertz CT molecular complexity index is 512. The number of amides is 1. The molecule has 0 aliphatic carbocycles. The normalized spacial score (nSPS) is 23.2. The van der Waals surface area contributed by atoms with Gasteiger partial charge in [-0.2, -0.15) is 0 Å². The average Bonchev–Trinajstić information content (AvgIpc) is 2.56. The SMILES string of the molecule is CC(CC(=O)NC1CCOc2ccccc21)C1CCNCC1. The zero-order valence-corrected chi connectivity index (χ0v) is 13.3. The highest BCUT2D eigenvalue weighted by atomic mass is 16.5. The Kier molecular flexibility index (Phi) is 4.98. The maximum atomic E-state index is 12.4. The van der Waals surface area contributed by atoms with E-state index in [0.717, 1.165) is 30.8 Å². The third-order valence-corrected chi connectivity index (χ3v) is 4.99. The Hall–Kier alpha value is -1.55. The molecule has 0 saturated carbocycles. The van der Waals surface area contributed by atoms with Crippen LogP contribution in [0, 0.1) is 11.8 Å². The molecule has 1 fully saturated rings. The van der Waals surface area contributed by atoms with Gasteiger partial charge in [0.05, 0.1) is 12.6 Å². The topological polar surface area (TPSA) is 50.4 Å². The molecule has 2 aliphatic heterocycles. The molecule has 0 radical (unpaired) electrons. The highest BCUT2D eigenvalue weighted by molar-refractivity contribution is 5.76. The molecular weight excluding hydrogens is 276 g/mol. The van der Waals surface area contributed by atoms with Crippen LogP contribution in [0.2, 0.25) is 0 Å². The van der Waals surface area contributed by atoms with Gasteiger partial charge in [-0.1, -0.05) is 25.1 Å². The van der Waals surface area contributed by atoms with Crippen LogP contribution >= 0.6 is 0 Å². The molecule has 4 nitrogen and oxygen atoms in total. The Labute approximate surface area is 132 Å². The summed E-state index contributed by atoms with van der Waals surface area (Å²) in [5.74, 6) is 2.21. The van der Waals surface area contributed by atoms with Crippen LogP contribution in [-0.2, 0) is 4.79 Å². The Morgan fingerprint density at radius 3 is 2.91 bits per heavy atom. The van der Waals surface area contributed by atoms with E-state index in [1.807, 2.05) is 18.2 Å². The quantitative estimate of drug-likeness (QED) is 0.899. The lowest BCUT2D eigenvalue weighted by molar-refractivity contribution is -0.123. The van der Waals surface area contributed by atoms with Gasteiger partial charge in [-0.05, 0) is 43.8 Å². The van der Waals surface area contributed by atoms with Crippen LogP contribution in [0.5, 0.6) is 5.75 Å². The molecule has 1 saturated heterocycles. The number of benzene rings is 1. The Morgan fingerprint density at radius 2 is 2.09 bits per heavy atom. The van der Waals surface area contributed by atoms with Gasteiger partial charge in [0, 0.05) is 18.4 Å². The second-order valence-corrected chi connectivity index (χ2v) is 6.56. The minimum absolute atomic E-state index is 0.0951. The van der Waals surface area contributed by atoms with Crippen molar-refractivity contribution in [1.29, 1.82) is 0 Å². The van der Waals surface area contributed by atoms with Gasteiger partial charge in [-0.3, -0.25) is 4.79 Å². The molecule has 1 aromatic carbocycles. The van der Waals surface area contributed by atoms with Crippen molar-refractivity contribution < 1.29 is 9.53 Å². The van der Waals surface area contributed by atoms with Crippen LogP contribution in [0.1, 0.15) is 44.2 Å². The number of nitrogens with one attached hydrogen (secondary N) is 2. The van der Waals surface area contributed by atoms with E-state index >= 15 is 0 Å². The molecule has 0 aromatic heterocycles. The number of carbonyl (C=O) groups excluding carboxylic acids is 1. The number of carbonyl (C=O) groups is 1. The van der Waals surface area contributed by atoms with Gasteiger partial charge in [0.1, 0.15) is 5.75 Å². The van der Waals surface area contributed by atoms with Crippen molar-refractivity contribution >= 4 is 5.91 Å². The molecule has 1 amide bonds. The number of piperidine rings is 1. The largest absolute Gasteiger partial charge is 0.493 e. The number of rotatable bonds is 4. The predicted molar refractivity (Wildman–Crippen MR) is 86.8 cm³/mol. The lowest BCUT2D eigenvalue weighted by atomic mass is 9.84. The van der Waals surface area contributed by atoms with Crippen molar-refractivity contribution in [2.75, 3.05) is 19.7 Å².